The molecule has 6 nitrogen and oxygen atoms in total. The maximum atomic E-state index is 13.3. The third-order valence-corrected chi connectivity index (χ3v) is 5.73. The zero-order chi connectivity index (χ0) is 23.5. The molecule has 1 aromatic carbocycles. The number of nitrogens with zero attached hydrogens (tertiary/aromatic N) is 4. The largest absolute Gasteiger partial charge is 0.439 e. The second-order valence-electron chi connectivity index (χ2n) is 10.2. The number of carbonyl (C=O) groups excluding carboxylic acids is 1. The summed E-state index contributed by atoms with van der Waals surface area (Å²) < 4.78 is 19.2. The summed E-state index contributed by atoms with van der Waals surface area (Å²) in [5.74, 6) is 2.02. The number of piperazine rings is 1. The average Bonchev–Trinajstić information content (AvgIpc) is 2.68. The molecule has 174 valence electrons. The van der Waals surface area contributed by atoms with Crippen molar-refractivity contribution in [3.8, 4) is 11.6 Å². The minimum Gasteiger partial charge on any atom is -0.439 e. The van der Waals surface area contributed by atoms with Gasteiger partial charge >= 0.3 is 0 Å². The lowest BCUT2D eigenvalue weighted by molar-refractivity contribution is -0.134. The fourth-order valence-electron chi connectivity index (χ4n) is 4.47. The molecular weight excluding hydrogens is 407 g/mol. The Balaban J connectivity index is 1.61. The van der Waals surface area contributed by atoms with Gasteiger partial charge in [-0.05, 0) is 55.4 Å². The number of rotatable bonds is 6. The van der Waals surface area contributed by atoms with Gasteiger partial charge in [-0.25, -0.2) is 14.4 Å². The van der Waals surface area contributed by atoms with E-state index in [1.807, 2.05) is 4.90 Å². The number of aromatic nitrogens is 2. The summed E-state index contributed by atoms with van der Waals surface area (Å²) in [4.78, 5) is 25.6. The molecule has 0 radical (unpaired) electrons. The molecule has 2 unspecified atom stereocenters. The number of benzene rings is 1. The lowest BCUT2D eigenvalue weighted by atomic mass is 9.84. The highest BCUT2D eigenvalue weighted by Crippen LogP contribution is 2.28. The highest BCUT2D eigenvalue weighted by molar-refractivity contribution is 5.77. The second-order valence-corrected chi connectivity index (χ2v) is 10.2. The SMILES string of the molecule is Cc1cc(F)ccc1Oc1cc(N2CCN(C(=O)CC(C)CC(C)(C)C)C(C)C2)ncn1. The van der Waals surface area contributed by atoms with Crippen molar-refractivity contribution in [2.24, 2.45) is 11.3 Å². The van der Waals surface area contributed by atoms with Crippen molar-refractivity contribution in [2.45, 2.75) is 60.4 Å². The fourth-order valence-corrected chi connectivity index (χ4v) is 4.47. The standard InChI is InChI=1S/C25H35FN4O2/c1-17(14-25(4,5)6)11-24(31)30-10-9-29(15-19(30)3)22-13-23(28-16-27-22)32-21-8-7-20(26)12-18(21)2/h7-8,12-13,16-17,19H,9-11,14-15H2,1-6H3. The normalized spacial score (nSPS) is 17.9. The van der Waals surface area contributed by atoms with Gasteiger partial charge in [0, 0.05) is 38.2 Å². The van der Waals surface area contributed by atoms with Gasteiger partial charge in [-0.15, -0.1) is 0 Å². The molecule has 1 amide bonds. The van der Waals surface area contributed by atoms with Gasteiger partial charge in [-0.1, -0.05) is 27.7 Å². The highest BCUT2D eigenvalue weighted by Gasteiger charge is 2.29. The van der Waals surface area contributed by atoms with E-state index in [0.717, 1.165) is 12.2 Å². The van der Waals surface area contributed by atoms with Gasteiger partial charge < -0.3 is 14.5 Å². The summed E-state index contributed by atoms with van der Waals surface area (Å²) in [6.07, 6.45) is 3.09. The Morgan fingerprint density at radius 2 is 2.00 bits per heavy atom. The van der Waals surface area contributed by atoms with Crippen molar-refractivity contribution in [1.29, 1.82) is 0 Å². The van der Waals surface area contributed by atoms with E-state index in [4.69, 9.17) is 4.74 Å². The molecule has 0 saturated carbocycles. The Morgan fingerprint density at radius 1 is 1.25 bits per heavy atom. The summed E-state index contributed by atoms with van der Waals surface area (Å²) in [6, 6.07) is 6.28. The molecule has 1 fully saturated rings. The third-order valence-electron chi connectivity index (χ3n) is 5.73. The first-order valence-electron chi connectivity index (χ1n) is 11.3. The summed E-state index contributed by atoms with van der Waals surface area (Å²) in [6.45, 7) is 14.8. The zero-order valence-corrected chi connectivity index (χ0v) is 20.1. The Bertz CT molecular complexity index is 944. The Morgan fingerprint density at radius 3 is 2.66 bits per heavy atom. The summed E-state index contributed by atoms with van der Waals surface area (Å²) >= 11 is 0. The minimum absolute atomic E-state index is 0.0942. The summed E-state index contributed by atoms with van der Waals surface area (Å²) in [7, 11) is 0. The van der Waals surface area contributed by atoms with Crippen LogP contribution in [-0.4, -0.2) is 46.5 Å². The van der Waals surface area contributed by atoms with Gasteiger partial charge in [-0.2, -0.15) is 0 Å². The van der Waals surface area contributed by atoms with Gasteiger partial charge in [0.05, 0.1) is 0 Å². The molecule has 2 aromatic rings. The summed E-state index contributed by atoms with van der Waals surface area (Å²) in [5.41, 5.74) is 0.926. The Labute approximate surface area is 190 Å². The number of halogens is 1. The van der Waals surface area contributed by atoms with Crippen LogP contribution in [-0.2, 0) is 4.79 Å². The van der Waals surface area contributed by atoms with Crippen molar-refractivity contribution in [1.82, 2.24) is 14.9 Å². The van der Waals surface area contributed by atoms with E-state index in [-0.39, 0.29) is 23.2 Å². The number of aryl methyl sites for hydroxylation is 1. The molecule has 0 bridgehead atoms. The third kappa shape index (κ3) is 6.40. The van der Waals surface area contributed by atoms with E-state index in [1.54, 1.807) is 19.1 Å². The van der Waals surface area contributed by atoms with Gasteiger partial charge in [0.25, 0.3) is 0 Å². The van der Waals surface area contributed by atoms with E-state index < -0.39 is 0 Å². The minimum atomic E-state index is -0.299. The topological polar surface area (TPSA) is 58.6 Å². The molecule has 1 aliphatic heterocycles. The van der Waals surface area contributed by atoms with Crippen molar-refractivity contribution in [2.75, 3.05) is 24.5 Å². The first-order valence-corrected chi connectivity index (χ1v) is 11.3. The number of hydrogen-bond acceptors (Lipinski definition) is 5. The average molecular weight is 443 g/mol. The van der Waals surface area contributed by atoms with Gasteiger partial charge in [-0.3, -0.25) is 4.79 Å². The molecule has 32 heavy (non-hydrogen) atoms. The maximum Gasteiger partial charge on any atom is 0.224 e. The molecule has 1 saturated heterocycles. The number of hydrogen-bond donors (Lipinski definition) is 0. The second kappa shape index (κ2) is 9.84. The molecule has 0 spiro atoms. The molecule has 1 aromatic heterocycles. The highest BCUT2D eigenvalue weighted by atomic mass is 19.1. The lowest BCUT2D eigenvalue weighted by Gasteiger charge is -2.41. The van der Waals surface area contributed by atoms with Crippen LogP contribution in [0.2, 0.25) is 0 Å². The van der Waals surface area contributed by atoms with Crippen LogP contribution in [0, 0.1) is 24.1 Å². The molecule has 0 aliphatic carbocycles. The number of carbonyl (C=O) groups is 1. The van der Waals surface area contributed by atoms with Crippen LogP contribution in [0.1, 0.15) is 53.0 Å². The quantitative estimate of drug-likeness (QED) is 0.614. The molecule has 3 rings (SSSR count). The van der Waals surface area contributed by atoms with Crippen molar-refractivity contribution >= 4 is 11.7 Å². The maximum absolute atomic E-state index is 13.3. The van der Waals surface area contributed by atoms with E-state index >= 15 is 0 Å². The Kier molecular flexibility index (Phi) is 7.36. The first kappa shape index (κ1) is 24.0. The van der Waals surface area contributed by atoms with E-state index in [0.29, 0.717) is 49.2 Å². The van der Waals surface area contributed by atoms with Crippen LogP contribution in [0.15, 0.2) is 30.6 Å². The molecule has 0 N–H and O–H groups in total. The number of amides is 1. The molecule has 2 heterocycles. The lowest BCUT2D eigenvalue weighted by Crippen LogP contribution is -2.54. The predicted octanol–water partition coefficient (Wildman–Crippen LogP) is 5.22. The number of ether oxygens (including phenoxy) is 1. The van der Waals surface area contributed by atoms with Crippen molar-refractivity contribution in [3.63, 3.8) is 0 Å². The van der Waals surface area contributed by atoms with Gasteiger partial charge in [0.15, 0.2) is 0 Å². The van der Waals surface area contributed by atoms with Crippen LogP contribution in [0.4, 0.5) is 10.2 Å². The van der Waals surface area contributed by atoms with Gasteiger partial charge in [0.1, 0.15) is 23.7 Å². The Hall–Kier alpha value is -2.70. The first-order chi connectivity index (χ1) is 15.0. The molecule has 2 atom stereocenters. The van der Waals surface area contributed by atoms with Crippen LogP contribution in [0.25, 0.3) is 0 Å². The molecule has 7 heteroatoms. The smallest absolute Gasteiger partial charge is 0.224 e. The van der Waals surface area contributed by atoms with E-state index in [2.05, 4.69) is 49.5 Å². The summed E-state index contributed by atoms with van der Waals surface area (Å²) in [5, 5.41) is 0. The van der Waals surface area contributed by atoms with Crippen molar-refractivity contribution in [3.05, 3.63) is 42.0 Å². The van der Waals surface area contributed by atoms with Crippen LogP contribution in [0.3, 0.4) is 0 Å². The van der Waals surface area contributed by atoms with Crippen LogP contribution >= 0.6 is 0 Å². The number of anilines is 1. The monoisotopic (exact) mass is 442 g/mol. The predicted molar refractivity (Wildman–Crippen MR) is 124 cm³/mol. The fraction of sp³-hybridized carbons (Fsp3) is 0.560. The van der Waals surface area contributed by atoms with Crippen LogP contribution < -0.4 is 9.64 Å². The zero-order valence-electron chi connectivity index (χ0n) is 20.1. The van der Waals surface area contributed by atoms with Crippen molar-refractivity contribution < 1.29 is 13.9 Å². The van der Waals surface area contributed by atoms with E-state index in [9.17, 15) is 9.18 Å². The van der Waals surface area contributed by atoms with Crippen LogP contribution in [0.5, 0.6) is 11.6 Å². The molecular formula is C25H35FN4O2. The molecule has 1 aliphatic rings. The van der Waals surface area contributed by atoms with E-state index in [1.165, 1.54) is 18.5 Å². The van der Waals surface area contributed by atoms with Gasteiger partial charge in [0.2, 0.25) is 11.8 Å².